The predicted molar refractivity (Wildman–Crippen MR) is 86.1 cm³/mol. The van der Waals surface area contributed by atoms with Gasteiger partial charge in [0.25, 0.3) is 5.91 Å². The lowest BCUT2D eigenvalue weighted by atomic mass is 9.98. The molecule has 0 spiro atoms. The zero-order chi connectivity index (χ0) is 15.2. The second-order valence-electron chi connectivity index (χ2n) is 6.18. The average Bonchev–Trinajstić information content (AvgIpc) is 2.53. The SMILES string of the molecule is CC1CCN(C(C)CNC(=O)c2ccc(CN)cc2)CC1. The van der Waals surface area contributed by atoms with Gasteiger partial charge in [-0.1, -0.05) is 19.1 Å². The van der Waals surface area contributed by atoms with Crippen LogP contribution in [-0.2, 0) is 6.54 Å². The molecule has 1 unspecified atom stereocenters. The molecule has 0 radical (unpaired) electrons. The summed E-state index contributed by atoms with van der Waals surface area (Å²) in [4.78, 5) is 14.6. The van der Waals surface area contributed by atoms with Gasteiger partial charge < -0.3 is 11.1 Å². The van der Waals surface area contributed by atoms with Crippen molar-refractivity contribution < 1.29 is 4.79 Å². The molecule has 21 heavy (non-hydrogen) atoms. The summed E-state index contributed by atoms with van der Waals surface area (Å²) in [5.74, 6) is 0.833. The predicted octanol–water partition coefficient (Wildman–Crippen LogP) is 2.00. The fourth-order valence-electron chi connectivity index (χ4n) is 2.73. The maximum absolute atomic E-state index is 12.1. The number of piperidine rings is 1. The Kier molecular flexibility index (Phi) is 5.76. The molecule has 4 nitrogen and oxygen atoms in total. The van der Waals surface area contributed by atoms with E-state index in [2.05, 4.69) is 24.1 Å². The molecule has 0 aliphatic carbocycles. The number of amides is 1. The lowest BCUT2D eigenvalue weighted by molar-refractivity contribution is 0.0921. The lowest BCUT2D eigenvalue weighted by Gasteiger charge is -2.35. The van der Waals surface area contributed by atoms with E-state index in [1.807, 2.05) is 24.3 Å². The maximum Gasteiger partial charge on any atom is 0.251 e. The van der Waals surface area contributed by atoms with Crippen LogP contribution in [-0.4, -0.2) is 36.5 Å². The molecule has 0 saturated carbocycles. The van der Waals surface area contributed by atoms with Crippen molar-refractivity contribution in [1.29, 1.82) is 0 Å². The summed E-state index contributed by atoms with van der Waals surface area (Å²) in [5, 5.41) is 3.03. The van der Waals surface area contributed by atoms with Gasteiger partial charge in [-0.3, -0.25) is 9.69 Å². The highest BCUT2D eigenvalue weighted by Gasteiger charge is 2.20. The number of carbonyl (C=O) groups is 1. The standard InChI is InChI=1S/C17H27N3O/c1-13-7-9-20(10-8-13)14(2)12-19-17(21)16-5-3-15(11-18)4-6-16/h3-6,13-14H,7-12,18H2,1-2H3,(H,19,21). The molecule has 0 aromatic heterocycles. The second-order valence-corrected chi connectivity index (χ2v) is 6.18. The molecule has 1 atom stereocenters. The van der Waals surface area contributed by atoms with Gasteiger partial charge in [0, 0.05) is 24.7 Å². The first-order valence-corrected chi connectivity index (χ1v) is 7.91. The number of nitrogens with one attached hydrogen (secondary N) is 1. The number of hydrogen-bond acceptors (Lipinski definition) is 3. The largest absolute Gasteiger partial charge is 0.350 e. The molecule has 3 N–H and O–H groups in total. The zero-order valence-corrected chi connectivity index (χ0v) is 13.1. The van der Waals surface area contributed by atoms with Crippen LogP contribution >= 0.6 is 0 Å². The zero-order valence-electron chi connectivity index (χ0n) is 13.1. The van der Waals surface area contributed by atoms with Crippen LogP contribution in [0.5, 0.6) is 0 Å². The average molecular weight is 289 g/mol. The van der Waals surface area contributed by atoms with Gasteiger partial charge in [0.2, 0.25) is 0 Å². The number of carbonyl (C=O) groups excluding carboxylic acids is 1. The topological polar surface area (TPSA) is 58.4 Å². The van der Waals surface area contributed by atoms with Crippen molar-refractivity contribution in [2.24, 2.45) is 11.7 Å². The van der Waals surface area contributed by atoms with E-state index in [1.165, 1.54) is 12.8 Å². The fourth-order valence-corrected chi connectivity index (χ4v) is 2.73. The first kappa shape index (κ1) is 16.0. The number of hydrogen-bond donors (Lipinski definition) is 2. The van der Waals surface area contributed by atoms with Crippen LogP contribution in [0, 0.1) is 5.92 Å². The van der Waals surface area contributed by atoms with Crippen LogP contribution in [0.4, 0.5) is 0 Å². The Morgan fingerprint density at radius 2 is 1.95 bits per heavy atom. The van der Waals surface area contributed by atoms with E-state index < -0.39 is 0 Å². The van der Waals surface area contributed by atoms with Crippen LogP contribution in [0.2, 0.25) is 0 Å². The maximum atomic E-state index is 12.1. The van der Waals surface area contributed by atoms with Gasteiger partial charge in [0.15, 0.2) is 0 Å². The van der Waals surface area contributed by atoms with Crippen LogP contribution in [0.15, 0.2) is 24.3 Å². The Morgan fingerprint density at radius 1 is 1.33 bits per heavy atom. The van der Waals surface area contributed by atoms with Gasteiger partial charge in [0.1, 0.15) is 0 Å². The molecule has 0 bridgehead atoms. The fraction of sp³-hybridized carbons (Fsp3) is 0.588. The van der Waals surface area contributed by atoms with Gasteiger partial charge in [0.05, 0.1) is 0 Å². The Labute approximate surface area is 127 Å². The summed E-state index contributed by atoms with van der Waals surface area (Å²) in [6.45, 7) is 7.99. The minimum Gasteiger partial charge on any atom is -0.350 e. The quantitative estimate of drug-likeness (QED) is 0.871. The van der Waals surface area contributed by atoms with Crippen molar-refractivity contribution in [2.45, 2.75) is 39.3 Å². The molecule has 1 aromatic carbocycles. The van der Waals surface area contributed by atoms with Crippen molar-refractivity contribution in [3.8, 4) is 0 Å². The van der Waals surface area contributed by atoms with Crippen molar-refractivity contribution in [2.75, 3.05) is 19.6 Å². The van der Waals surface area contributed by atoms with Crippen LogP contribution in [0.3, 0.4) is 0 Å². The van der Waals surface area contributed by atoms with E-state index in [-0.39, 0.29) is 5.91 Å². The summed E-state index contributed by atoms with van der Waals surface area (Å²) in [5.41, 5.74) is 7.31. The summed E-state index contributed by atoms with van der Waals surface area (Å²) in [7, 11) is 0. The third-order valence-corrected chi connectivity index (χ3v) is 4.45. The van der Waals surface area contributed by atoms with Crippen LogP contribution in [0.25, 0.3) is 0 Å². The summed E-state index contributed by atoms with van der Waals surface area (Å²) >= 11 is 0. The van der Waals surface area contributed by atoms with E-state index in [0.29, 0.717) is 24.7 Å². The molecule has 1 heterocycles. The highest BCUT2D eigenvalue weighted by molar-refractivity contribution is 5.94. The van der Waals surface area contributed by atoms with Gasteiger partial charge in [-0.15, -0.1) is 0 Å². The molecule has 1 aromatic rings. The molecule has 1 aliphatic heterocycles. The molecular weight excluding hydrogens is 262 g/mol. The lowest BCUT2D eigenvalue weighted by Crippen LogP contribution is -2.45. The minimum absolute atomic E-state index is 0.00389. The van der Waals surface area contributed by atoms with Gasteiger partial charge in [-0.2, -0.15) is 0 Å². The molecule has 2 rings (SSSR count). The Balaban J connectivity index is 1.80. The van der Waals surface area contributed by atoms with E-state index in [9.17, 15) is 4.79 Å². The van der Waals surface area contributed by atoms with Gasteiger partial charge >= 0.3 is 0 Å². The van der Waals surface area contributed by atoms with Crippen molar-refractivity contribution in [3.63, 3.8) is 0 Å². The smallest absolute Gasteiger partial charge is 0.251 e. The molecule has 1 amide bonds. The molecule has 116 valence electrons. The number of nitrogens with zero attached hydrogens (tertiary/aromatic N) is 1. The third kappa shape index (κ3) is 4.55. The van der Waals surface area contributed by atoms with E-state index in [4.69, 9.17) is 5.73 Å². The number of nitrogens with two attached hydrogens (primary N) is 1. The van der Waals surface area contributed by atoms with E-state index in [0.717, 1.165) is 24.6 Å². The normalized spacial score (nSPS) is 18.4. The molecular formula is C17H27N3O. The van der Waals surface area contributed by atoms with E-state index >= 15 is 0 Å². The summed E-state index contributed by atoms with van der Waals surface area (Å²) in [6.07, 6.45) is 2.53. The number of likely N-dealkylation sites (tertiary alicyclic amines) is 1. The second kappa shape index (κ2) is 7.57. The van der Waals surface area contributed by atoms with Crippen molar-refractivity contribution >= 4 is 5.91 Å². The molecule has 1 saturated heterocycles. The van der Waals surface area contributed by atoms with Crippen molar-refractivity contribution in [3.05, 3.63) is 35.4 Å². The summed E-state index contributed by atoms with van der Waals surface area (Å²) in [6, 6.07) is 7.88. The molecule has 4 heteroatoms. The highest BCUT2D eigenvalue weighted by atomic mass is 16.1. The Morgan fingerprint density at radius 3 is 2.52 bits per heavy atom. The molecule has 1 fully saturated rings. The van der Waals surface area contributed by atoms with Gasteiger partial charge in [-0.25, -0.2) is 0 Å². The summed E-state index contributed by atoms with van der Waals surface area (Å²) < 4.78 is 0. The number of rotatable bonds is 5. The van der Waals surface area contributed by atoms with E-state index in [1.54, 1.807) is 0 Å². The third-order valence-electron chi connectivity index (χ3n) is 4.45. The Hall–Kier alpha value is -1.39. The Bertz CT molecular complexity index is 450. The first-order valence-electron chi connectivity index (χ1n) is 7.91. The monoisotopic (exact) mass is 289 g/mol. The van der Waals surface area contributed by atoms with Gasteiger partial charge in [-0.05, 0) is 56.5 Å². The minimum atomic E-state index is -0.00389. The van der Waals surface area contributed by atoms with Crippen molar-refractivity contribution in [1.82, 2.24) is 10.2 Å². The van der Waals surface area contributed by atoms with Crippen LogP contribution in [0.1, 0.15) is 42.6 Å². The van der Waals surface area contributed by atoms with Crippen LogP contribution < -0.4 is 11.1 Å². The highest BCUT2D eigenvalue weighted by Crippen LogP contribution is 2.17. The molecule has 1 aliphatic rings. The number of benzene rings is 1. The first-order chi connectivity index (χ1) is 10.1.